The Kier molecular flexibility index (Phi) is 5.68. The third-order valence-corrected chi connectivity index (χ3v) is 7.86. The molecule has 2 fully saturated rings. The van der Waals surface area contributed by atoms with E-state index in [1.54, 1.807) is 12.1 Å². The van der Waals surface area contributed by atoms with Crippen LogP contribution in [-0.2, 0) is 10.0 Å². The lowest BCUT2D eigenvalue weighted by molar-refractivity contribution is 0.382. The smallest absolute Gasteiger partial charge is 0.243 e. The van der Waals surface area contributed by atoms with Gasteiger partial charge in [-0.2, -0.15) is 9.29 Å². The van der Waals surface area contributed by atoms with Gasteiger partial charge in [-0.25, -0.2) is 13.4 Å². The highest BCUT2D eigenvalue weighted by Crippen LogP contribution is 2.25. The summed E-state index contributed by atoms with van der Waals surface area (Å²) in [6.07, 6.45) is 2.38. The predicted molar refractivity (Wildman–Crippen MR) is 115 cm³/mol. The fourth-order valence-corrected chi connectivity index (χ4v) is 5.49. The molecule has 0 aliphatic carbocycles. The van der Waals surface area contributed by atoms with Gasteiger partial charge in [-0.1, -0.05) is 17.7 Å². The first-order valence-electron chi connectivity index (χ1n) is 9.96. The number of aryl methyl sites for hydroxylation is 2. The number of sulfonamides is 1. The first-order valence-corrected chi connectivity index (χ1v) is 11.8. The van der Waals surface area contributed by atoms with E-state index in [9.17, 15) is 8.42 Å². The summed E-state index contributed by atoms with van der Waals surface area (Å²) in [5.41, 5.74) is 1.79. The van der Waals surface area contributed by atoms with Gasteiger partial charge < -0.3 is 9.80 Å². The van der Waals surface area contributed by atoms with Crippen LogP contribution in [0.3, 0.4) is 0 Å². The third-order valence-electron chi connectivity index (χ3n) is 5.56. The highest BCUT2D eigenvalue weighted by atomic mass is 35.5. The summed E-state index contributed by atoms with van der Waals surface area (Å²) in [6, 6.07) is 6.92. The normalized spacial score (nSPS) is 18.4. The molecular formula is C20H26ClN5O2S. The lowest BCUT2D eigenvalue weighted by Gasteiger charge is -2.34. The van der Waals surface area contributed by atoms with E-state index in [0.717, 1.165) is 30.2 Å². The molecule has 3 heterocycles. The maximum Gasteiger partial charge on any atom is 0.243 e. The van der Waals surface area contributed by atoms with Gasteiger partial charge in [-0.05, 0) is 44.4 Å². The number of rotatable bonds is 4. The van der Waals surface area contributed by atoms with Crippen LogP contribution in [0, 0.1) is 13.8 Å². The van der Waals surface area contributed by atoms with Crippen LogP contribution in [0.25, 0.3) is 0 Å². The van der Waals surface area contributed by atoms with Gasteiger partial charge in [0.2, 0.25) is 16.0 Å². The van der Waals surface area contributed by atoms with Crippen molar-refractivity contribution in [2.24, 2.45) is 0 Å². The van der Waals surface area contributed by atoms with E-state index >= 15 is 0 Å². The van der Waals surface area contributed by atoms with E-state index < -0.39 is 10.0 Å². The SMILES string of the molecule is Cc1cc(N2CCCC2)nc(N2CCN(S(=O)(=O)c3ccc(C)c(Cl)c3)CC2)n1. The Morgan fingerprint density at radius 2 is 1.59 bits per heavy atom. The molecule has 0 saturated carbocycles. The number of aromatic nitrogens is 2. The number of benzene rings is 1. The van der Waals surface area contributed by atoms with Crippen LogP contribution in [-0.4, -0.2) is 62.0 Å². The Morgan fingerprint density at radius 1 is 0.897 bits per heavy atom. The monoisotopic (exact) mass is 435 g/mol. The van der Waals surface area contributed by atoms with Gasteiger partial charge in [0.05, 0.1) is 4.90 Å². The molecule has 156 valence electrons. The molecule has 0 unspecified atom stereocenters. The fourth-order valence-electron chi connectivity index (χ4n) is 3.80. The minimum Gasteiger partial charge on any atom is -0.356 e. The second-order valence-corrected chi connectivity index (χ2v) is 10.0. The topological polar surface area (TPSA) is 69.6 Å². The minimum atomic E-state index is -3.56. The summed E-state index contributed by atoms with van der Waals surface area (Å²) in [6.45, 7) is 7.79. The summed E-state index contributed by atoms with van der Waals surface area (Å²) in [7, 11) is -3.56. The largest absolute Gasteiger partial charge is 0.356 e. The average Bonchev–Trinajstić information content (AvgIpc) is 3.24. The third kappa shape index (κ3) is 4.20. The lowest BCUT2D eigenvalue weighted by Crippen LogP contribution is -2.49. The van der Waals surface area contributed by atoms with E-state index in [0.29, 0.717) is 37.1 Å². The summed E-state index contributed by atoms with van der Waals surface area (Å²) in [5, 5.41) is 0.465. The molecule has 1 aromatic carbocycles. The fraction of sp³-hybridized carbons (Fsp3) is 0.500. The van der Waals surface area contributed by atoms with Gasteiger partial charge in [-0.15, -0.1) is 0 Å². The second kappa shape index (κ2) is 8.08. The Bertz CT molecular complexity index is 1000. The van der Waals surface area contributed by atoms with Crippen molar-refractivity contribution in [3.8, 4) is 0 Å². The minimum absolute atomic E-state index is 0.240. The van der Waals surface area contributed by atoms with Crippen LogP contribution < -0.4 is 9.80 Å². The molecule has 2 aliphatic rings. The van der Waals surface area contributed by atoms with Crippen LogP contribution in [0.5, 0.6) is 0 Å². The standard InChI is InChI=1S/C20H26ClN5O2S/c1-15-5-6-17(14-18(15)21)29(27,28)26-11-9-25(10-12-26)20-22-16(2)13-19(23-20)24-7-3-4-8-24/h5-6,13-14H,3-4,7-12H2,1-2H3. The van der Waals surface area contributed by atoms with E-state index in [4.69, 9.17) is 16.6 Å². The zero-order valence-corrected chi connectivity index (χ0v) is 18.4. The van der Waals surface area contributed by atoms with Gasteiger partial charge in [-0.3, -0.25) is 0 Å². The molecule has 29 heavy (non-hydrogen) atoms. The quantitative estimate of drug-likeness (QED) is 0.735. The van der Waals surface area contributed by atoms with Crippen LogP contribution in [0.15, 0.2) is 29.2 Å². The molecule has 2 aliphatic heterocycles. The molecule has 0 amide bonds. The number of piperazine rings is 1. The lowest BCUT2D eigenvalue weighted by atomic mass is 10.2. The van der Waals surface area contributed by atoms with Gasteiger partial charge in [0.1, 0.15) is 5.82 Å². The van der Waals surface area contributed by atoms with Crippen molar-refractivity contribution in [2.75, 3.05) is 49.1 Å². The average molecular weight is 436 g/mol. The Balaban J connectivity index is 1.48. The number of hydrogen-bond donors (Lipinski definition) is 0. The molecule has 4 rings (SSSR count). The van der Waals surface area contributed by atoms with Gasteiger partial charge in [0.25, 0.3) is 0 Å². The highest BCUT2D eigenvalue weighted by Gasteiger charge is 2.30. The molecule has 0 bridgehead atoms. The Labute approximate surface area is 177 Å². The molecule has 2 aromatic rings. The molecule has 7 nitrogen and oxygen atoms in total. The summed E-state index contributed by atoms with van der Waals surface area (Å²) in [4.78, 5) is 14.0. The molecular weight excluding hydrogens is 410 g/mol. The maximum atomic E-state index is 13.0. The van der Waals surface area contributed by atoms with Crippen molar-refractivity contribution < 1.29 is 8.42 Å². The molecule has 0 spiro atoms. The first-order chi connectivity index (χ1) is 13.8. The highest BCUT2D eigenvalue weighted by molar-refractivity contribution is 7.89. The van der Waals surface area contributed by atoms with Crippen LogP contribution in [0.4, 0.5) is 11.8 Å². The molecule has 9 heteroatoms. The summed E-state index contributed by atoms with van der Waals surface area (Å²) >= 11 is 6.13. The van der Waals surface area contributed by atoms with Crippen molar-refractivity contribution in [2.45, 2.75) is 31.6 Å². The van der Waals surface area contributed by atoms with Gasteiger partial charge >= 0.3 is 0 Å². The zero-order chi connectivity index (χ0) is 20.6. The second-order valence-electron chi connectivity index (χ2n) is 7.66. The number of halogens is 1. The van der Waals surface area contributed by atoms with Crippen LogP contribution in [0.1, 0.15) is 24.1 Å². The number of nitrogens with zero attached hydrogens (tertiary/aromatic N) is 5. The van der Waals surface area contributed by atoms with Gasteiger partial charge in [0, 0.05) is 56.1 Å². The molecule has 2 saturated heterocycles. The van der Waals surface area contributed by atoms with E-state index in [1.165, 1.54) is 23.2 Å². The summed E-state index contributed by atoms with van der Waals surface area (Å²) < 4.78 is 27.5. The molecule has 0 N–H and O–H groups in total. The predicted octanol–water partition coefficient (Wildman–Crippen LogP) is 2.86. The maximum absolute atomic E-state index is 13.0. The molecule has 0 atom stereocenters. The van der Waals surface area contributed by atoms with Crippen LogP contribution >= 0.6 is 11.6 Å². The van der Waals surface area contributed by atoms with Gasteiger partial charge in [0.15, 0.2) is 0 Å². The van der Waals surface area contributed by atoms with Crippen molar-refractivity contribution in [3.63, 3.8) is 0 Å². The first kappa shape index (κ1) is 20.4. The van der Waals surface area contributed by atoms with Crippen molar-refractivity contribution in [3.05, 3.63) is 40.5 Å². The number of hydrogen-bond acceptors (Lipinski definition) is 6. The Hall–Kier alpha value is -1.90. The zero-order valence-electron chi connectivity index (χ0n) is 16.8. The molecule has 0 radical (unpaired) electrons. The Morgan fingerprint density at radius 3 is 2.24 bits per heavy atom. The number of anilines is 2. The van der Waals surface area contributed by atoms with E-state index in [-0.39, 0.29) is 4.90 Å². The molecule has 1 aromatic heterocycles. The van der Waals surface area contributed by atoms with Crippen LogP contribution in [0.2, 0.25) is 5.02 Å². The van der Waals surface area contributed by atoms with Crippen molar-refractivity contribution >= 4 is 33.4 Å². The van der Waals surface area contributed by atoms with E-state index in [2.05, 4.69) is 14.8 Å². The van der Waals surface area contributed by atoms with Crippen molar-refractivity contribution in [1.29, 1.82) is 0 Å². The summed E-state index contributed by atoms with van der Waals surface area (Å²) in [5.74, 6) is 1.65. The van der Waals surface area contributed by atoms with E-state index in [1.807, 2.05) is 19.9 Å². The van der Waals surface area contributed by atoms with Crippen molar-refractivity contribution in [1.82, 2.24) is 14.3 Å².